The fraction of sp³-hybridized carbons (Fsp3) is 0.731. The first kappa shape index (κ1) is 21.4. The maximum absolute atomic E-state index is 12.6. The lowest BCUT2D eigenvalue weighted by molar-refractivity contribution is 0.0161. The minimum atomic E-state index is -0.134. The van der Waals surface area contributed by atoms with Gasteiger partial charge in [0.15, 0.2) is 0 Å². The third-order valence-corrected chi connectivity index (χ3v) is 7.39. The van der Waals surface area contributed by atoms with Crippen molar-refractivity contribution in [3.8, 4) is 0 Å². The molecule has 0 bridgehead atoms. The van der Waals surface area contributed by atoms with Gasteiger partial charge in [0.05, 0.1) is 5.56 Å². The second kappa shape index (κ2) is 10.5. The highest BCUT2D eigenvalue weighted by Crippen LogP contribution is 2.41. The molecule has 2 aliphatic rings. The van der Waals surface area contributed by atoms with E-state index in [1.54, 1.807) is 0 Å². The summed E-state index contributed by atoms with van der Waals surface area (Å²) in [6, 6.07) is 8.32. The van der Waals surface area contributed by atoms with Crippen LogP contribution in [0.4, 0.5) is 0 Å². The van der Waals surface area contributed by atoms with Crippen LogP contribution in [0.25, 0.3) is 0 Å². The maximum atomic E-state index is 12.6. The van der Waals surface area contributed by atoms with Gasteiger partial charge in [-0.25, -0.2) is 4.79 Å². The SMILES string of the molecule is CCCC1CCC(OC(=O)c2ccc([C@@H]3CC[C@@H](CCC)[C@@H](C)C3)cc2)CC1. The molecular weight excluding hydrogens is 344 g/mol. The zero-order chi connectivity index (χ0) is 19.9. The molecule has 0 aliphatic heterocycles. The van der Waals surface area contributed by atoms with E-state index in [2.05, 4.69) is 32.9 Å². The van der Waals surface area contributed by atoms with Gasteiger partial charge in [-0.2, -0.15) is 0 Å². The van der Waals surface area contributed by atoms with Crippen molar-refractivity contribution in [2.45, 2.75) is 103 Å². The minimum absolute atomic E-state index is 0.120. The van der Waals surface area contributed by atoms with E-state index >= 15 is 0 Å². The molecule has 0 N–H and O–H groups in total. The van der Waals surface area contributed by atoms with Gasteiger partial charge in [0.2, 0.25) is 0 Å². The largest absolute Gasteiger partial charge is 0.459 e. The number of rotatable bonds is 7. The molecule has 0 unspecified atom stereocenters. The highest BCUT2D eigenvalue weighted by molar-refractivity contribution is 5.89. The van der Waals surface area contributed by atoms with Gasteiger partial charge >= 0.3 is 5.97 Å². The number of hydrogen-bond acceptors (Lipinski definition) is 2. The summed E-state index contributed by atoms with van der Waals surface area (Å²) in [6.07, 6.45) is 13.8. The Morgan fingerprint density at radius 1 is 0.929 bits per heavy atom. The molecule has 2 nitrogen and oxygen atoms in total. The van der Waals surface area contributed by atoms with Crippen LogP contribution < -0.4 is 0 Å². The Morgan fingerprint density at radius 3 is 2.21 bits per heavy atom. The van der Waals surface area contributed by atoms with Gasteiger partial charge in [-0.3, -0.25) is 0 Å². The predicted molar refractivity (Wildman–Crippen MR) is 117 cm³/mol. The van der Waals surface area contributed by atoms with E-state index in [1.165, 1.54) is 63.4 Å². The lowest BCUT2D eigenvalue weighted by atomic mass is 9.71. The molecule has 156 valence electrons. The van der Waals surface area contributed by atoms with Gasteiger partial charge in [-0.1, -0.05) is 58.6 Å². The molecule has 0 amide bonds. The van der Waals surface area contributed by atoms with E-state index in [9.17, 15) is 4.79 Å². The zero-order valence-corrected chi connectivity index (χ0v) is 18.3. The van der Waals surface area contributed by atoms with Gasteiger partial charge in [0.1, 0.15) is 6.10 Å². The fourth-order valence-corrected chi connectivity index (χ4v) is 5.62. The third kappa shape index (κ3) is 5.61. The molecule has 2 heteroatoms. The number of benzene rings is 1. The fourth-order valence-electron chi connectivity index (χ4n) is 5.62. The lowest BCUT2D eigenvalue weighted by Gasteiger charge is -2.34. The van der Waals surface area contributed by atoms with Crippen molar-refractivity contribution in [2.24, 2.45) is 17.8 Å². The molecule has 0 heterocycles. The smallest absolute Gasteiger partial charge is 0.338 e. The molecule has 2 fully saturated rings. The molecule has 2 saturated carbocycles. The van der Waals surface area contributed by atoms with E-state index in [0.717, 1.165) is 30.6 Å². The van der Waals surface area contributed by atoms with Crippen LogP contribution in [0.3, 0.4) is 0 Å². The van der Waals surface area contributed by atoms with Crippen LogP contribution in [0.15, 0.2) is 24.3 Å². The van der Waals surface area contributed by atoms with Crippen LogP contribution in [0, 0.1) is 17.8 Å². The molecule has 0 spiro atoms. The minimum Gasteiger partial charge on any atom is -0.459 e. The molecule has 28 heavy (non-hydrogen) atoms. The summed E-state index contributed by atoms with van der Waals surface area (Å²) < 4.78 is 5.81. The van der Waals surface area contributed by atoms with Crippen LogP contribution in [-0.4, -0.2) is 12.1 Å². The molecule has 3 atom stereocenters. The molecule has 0 saturated heterocycles. The summed E-state index contributed by atoms with van der Waals surface area (Å²) >= 11 is 0. The highest BCUT2D eigenvalue weighted by atomic mass is 16.5. The predicted octanol–water partition coefficient (Wildman–Crippen LogP) is 7.52. The van der Waals surface area contributed by atoms with E-state index in [4.69, 9.17) is 4.74 Å². The van der Waals surface area contributed by atoms with Crippen molar-refractivity contribution in [3.63, 3.8) is 0 Å². The van der Waals surface area contributed by atoms with Crippen LogP contribution in [-0.2, 0) is 4.74 Å². The summed E-state index contributed by atoms with van der Waals surface area (Å²) in [5.74, 6) is 3.08. The summed E-state index contributed by atoms with van der Waals surface area (Å²) in [7, 11) is 0. The van der Waals surface area contributed by atoms with Crippen molar-refractivity contribution >= 4 is 5.97 Å². The monoisotopic (exact) mass is 384 g/mol. The first-order chi connectivity index (χ1) is 13.6. The quantitative estimate of drug-likeness (QED) is 0.454. The Labute approximate surface area is 172 Å². The molecule has 0 radical (unpaired) electrons. The Bertz CT molecular complexity index is 597. The van der Waals surface area contributed by atoms with Gasteiger partial charge in [0.25, 0.3) is 0 Å². The Balaban J connectivity index is 1.50. The van der Waals surface area contributed by atoms with Crippen molar-refractivity contribution in [1.82, 2.24) is 0 Å². The Hall–Kier alpha value is -1.31. The normalized spacial score (nSPS) is 30.8. The molecule has 1 aromatic carbocycles. The Morgan fingerprint density at radius 2 is 1.61 bits per heavy atom. The van der Waals surface area contributed by atoms with E-state index in [0.29, 0.717) is 11.5 Å². The van der Waals surface area contributed by atoms with Crippen LogP contribution in [0.5, 0.6) is 0 Å². The maximum Gasteiger partial charge on any atom is 0.338 e. The molecular formula is C26H40O2. The van der Waals surface area contributed by atoms with Gasteiger partial charge in [-0.15, -0.1) is 0 Å². The average molecular weight is 385 g/mol. The summed E-state index contributed by atoms with van der Waals surface area (Å²) in [6.45, 7) is 6.98. The second-order valence-corrected chi connectivity index (χ2v) is 9.49. The average Bonchev–Trinajstić information content (AvgIpc) is 2.71. The molecule has 1 aromatic rings. The highest BCUT2D eigenvalue weighted by Gasteiger charge is 2.28. The van der Waals surface area contributed by atoms with Crippen molar-refractivity contribution in [3.05, 3.63) is 35.4 Å². The van der Waals surface area contributed by atoms with Gasteiger partial charge < -0.3 is 4.74 Å². The van der Waals surface area contributed by atoms with Crippen molar-refractivity contribution < 1.29 is 9.53 Å². The summed E-state index contributed by atoms with van der Waals surface area (Å²) in [5.41, 5.74) is 2.12. The Kier molecular flexibility index (Phi) is 8.00. The van der Waals surface area contributed by atoms with E-state index in [1.807, 2.05) is 12.1 Å². The lowest BCUT2D eigenvalue weighted by Crippen LogP contribution is -2.24. The number of carbonyl (C=O) groups is 1. The van der Waals surface area contributed by atoms with Crippen molar-refractivity contribution in [2.75, 3.05) is 0 Å². The van der Waals surface area contributed by atoms with E-state index in [-0.39, 0.29) is 12.1 Å². The van der Waals surface area contributed by atoms with Crippen LogP contribution in [0.2, 0.25) is 0 Å². The van der Waals surface area contributed by atoms with Crippen molar-refractivity contribution in [1.29, 1.82) is 0 Å². The molecule has 3 rings (SSSR count). The van der Waals surface area contributed by atoms with Gasteiger partial charge in [0, 0.05) is 0 Å². The van der Waals surface area contributed by atoms with Gasteiger partial charge in [-0.05, 0) is 86.3 Å². The second-order valence-electron chi connectivity index (χ2n) is 9.49. The number of esters is 1. The standard InChI is InChI=1S/C26H40O2/c1-4-6-20-8-16-25(17-9-20)28-26(27)23-13-11-22(12-14-23)24-15-10-21(7-5-2)19(3)18-24/h11-14,19-21,24-25H,4-10,15-18H2,1-3H3/t19-,20?,21+,24+,25?/m0/s1. The summed E-state index contributed by atoms with van der Waals surface area (Å²) in [5, 5.41) is 0. The number of carbonyl (C=O) groups excluding carboxylic acids is 1. The number of hydrogen-bond donors (Lipinski definition) is 0. The zero-order valence-electron chi connectivity index (χ0n) is 18.3. The molecule has 0 aromatic heterocycles. The van der Waals surface area contributed by atoms with E-state index < -0.39 is 0 Å². The van der Waals surface area contributed by atoms with Crippen LogP contribution in [0.1, 0.15) is 113 Å². The first-order valence-corrected chi connectivity index (χ1v) is 11.9. The summed E-state index contributed by atoms with van der Waals surface area (Å²) in [4.78, 5) is 12.6. The van der Waals surface area contributed by atoms with Crippen LogP contribution >= 0.6 is 0 Å². The number of ether oxygens (including phenoxy) is 1. The first-order valence-electron chi connectivity index (χ1n) is 11.9. The third-order valence-electron chi connectivity index (χ3n) is 7.39. The molecule has 2 aliphatic carbocycles. The topological polar surface area (TPSA) is 26.3 Å².